The van der Waals surface area contributed by atoms with E-state index in [9.17, 15) is 4.79 Å². The topological polar surface area (TPSA) is 46.3 Å². The van der Waals surface area contributed by atoms with Crippen molar-refractivity contribution in [3.63, 3.8) is 0 Å². The summed E-state index contributed by atoms with van der Waals surface area (Å²) in [6, 6.07) is 0. The predicted octanol–water partition coefficient (Wildman–Crippen LogP) is 2.26. The fraction of sp³-hybridized carbons (Fsp3) is 0.214. The summed E-state index contributed by atoms with van der Waals surface area (Å²) >= 11 is 0. The molecule has 90 valence electrons. The molecule has 0 aromatic carbocycles. The molecule has 0 saturated carbocycles. The highest BCUT2D eigenvalue weighted by molar-refractivity contribution is 5.92. The highest BCUT2D eigenvalue weighted by atomic mass is 16.1. The molecule has 0 aromatic rings. The predicted molar refractivity (Wildman–Crippen MR) is 70.8 cm³/mol. The lowest BCUT2D eigenvalue weighted by Gasteiger charge is -2.18. The average Bonchev–Trinajstić information content (AvgIpc) is 2.34. The number of nitrogens with two attached hydrogens (primary N) is 1. The number of nitrogens with zero attached hydrogens (tertiary/aromatic N) is 1. The number of allylic oxidation sites excluding steroid dienone is 6. The van der Waals surface area contributed by atoms with Gasteiger partial charge in [0.15, 0.2) is 0 Å². The van der Waals surface area contributed by atoms with E-state index in [1.807, 2.05) is 60.6 Å². The molecule has 17 heavy (non-hydrogen) atoms. The lowest BCUT2D eigenvalue weighted by atomic mass is 10.1. The quantitative estimate of drug-likeness (QED) is 0.736. The first-order chi connectivity index (χ1) is 8.24. The van der Waals surface area contributed by atoms with Crippen molar-refractivity contribution in [2.24, 2.45) is 5.73 Å². The summed E-state index contributed by atoms with van der Waals surface area (Å²) in [7, 11) is 0. The molecule has 2 N–H and O–H groups in total. The van der Waals surface area contributed by atoms with Crippen LogP contribution in [0.5, 0.6) is 0 Å². The summed E-state index contributed by atoms with van der Waals surface area (Å²) in [6.07, 6.45) is 18.2. The fourth-order valence-electron chi connectivity index (χ4n) is 1.39. The first-order valence-electron chi connectivity index (χ1n) is 5.61. The molecule has 0 saturated heterocycles. The third kappa shape index (κ3) is 5.02. The Hall–Kier alpha value is -2.03. The summed E-state index contributed by atoms with van der Waals surface area (Å²) in [5.41, 5.74) is 5.88. The van der Waals surface area contributed by atoms with Crippen LogP contribution in [-0.2, 0) is 4.79 Å². The van der Waals surface area contributed by atoms with Crippen LogP contribution in [0.25, 0.3) is 0 Å². The Balaban J connectivity index is 2.44. The van der Waals surface area contributed by atoms with Crippen LogP contribution in [0.2, 0.25) is 0 Å². The normalized spacial score (nSPS) is 16.3. The van der Waals surface area contributed by atoms with Gasteiger partial charge in [-0.1, -0.05) is 42.5 Å². The Morgan fingerprint density at radius 1 is 1.41 bits per heavy atom. The van der Waals surface area contributed by atoms with Crippen molar-refractivity contribution in [3.8, 4) is 0 Å². The van der Waals surface area contributed by atoms with Gasteiger partial charge in [0.25, 0.3) is 0 Å². The Morgan fingerprint density at radius 2 is 2.18 bits per heavy atom. The summed E-state index contributed by atoms with van der Waals surface area (Å²) in [4.78, 5) is 12.9. The maximum Gasteiger partial charge on any atom is 0.246 e. The molecular weight excluding hydrogens is 212 g/mol. The first-order valence-corrected chi connectivity index (χ1v) is 5.61. The Morgan fingerprint density at radius 3 is 2.88 bits per heavy atom. The van der Waals surface area contributed by atoms with Crippen molar-refractivity contribution in [1.82, 2.24) is 4.90 Å². The molecule has 0 atom stereocenters. The monoisotopic (exact) mass is 230 g/mol. The molecule has 0 aromatic heterocycles. The van der Waals surface area contributed by atoms with Crippen LogP contribution < -0.4 is 5.73 Å². The van der Waals surface area contributed by atoms with Crippen molar-refractivity contribution >= 4 is 5.91 Å². The molecule has 0 spiro atoms. The van der Waals surface area contributed by atoms with Crippen molar-refractivity contribution in [2.75, 3.05) is 6.54 Å². The maximum absolute atomic E-state index is 11.0. The van der Waals surface area contributed by atoms with Gasteiger partial charge >= 0.3 is 0 Å². The minimum Gasteiger partial charge on any atom is -0.366 e. The number of carbonyl (C=O) groups is 1. The highest BCUT2D eigenvalue weighted by Gasteiger charge is 2.08. The van der Waals surface area contributed by atoms with E-state index in [1.165, 1.54) is 0 Å². The van der Waals surface area contributed by atoms with Gasteiger partial charge in [-0.15, -0.1) is 0 Å². The van der Waals surface area contributed by atoms with E-state index in [1.54, 1.807) is 6.20 Å². The largest absolute Gasteiger partial charge is 0.366 e. The lowest BCUT2D eigenvalue weighted by Crippen LogP contribution is -2.20. The Kier molecular flexibility index (Phi) is 5.58. The van der Waals surface area contributed by atoms with E-state index in [2.05, 4.69) is 0 Å². The molecule has 0 unspecified atom stereocenters. The second-order valence-electron chi connectivity index (χ2n) is 3.64. The van der Waals surface area contributed by atoms with Gasteiger partial charge < -0.3 is 10.6 Å². The molecule has 1 heterocycles. The molecule has 1 rings (SSSR count). The third-order valence-electron chi connectivity index (χ3n) is 2.25. The summed E-state index contributed by atoms with van der Waals surface area (Å²) < 4.78 is 0. The Bertz CT molecular complexity index is 400. The smallest absolute Gasteiger partial charge is 0.246 e. The average molecular weight is 230 g/mol. The van der Waals surface area contributed by atoms with Crippen LogP contribution >= 0.6 is 0 Å². The summed E-state index contributed by atoms with van der Waals surface area (Å²) in [6.45, 7) is 2.70. The SMILES string of the molecule is C\C=C/C=C\C=C\CN1C=CCC(C(N)=O)=C1. The van der Waals surface area contributed by atoms with Gasteiger partial charge in [-0.2, -0.15) is 0 Å². The van der Waals surface area contributed by atoms with Crippen LogP contribution in [0.4, 0.5) is 0 Å². The molecule has 1 aliphatic rings. The molecule has 0 fully saturated rings. The number of carbonyl (C=O) groups excluding carboxylic acids is 1. The molecule has 1 aliphatic heterocycles. The van der Waals surface area contributed by atoms with Crippen molar-refractivity contribution < 1.29 is 4.79 Å². The van der Waals surface area contributed by atoms with Gasteiger partial charge in [0, 0.05) is 24.5 Å². The zero-order valence-corrected chi connectivity index (χ0v) is 10.0. The van der Waals surface area contributed by atoms with Gasteiger partial charge in [0.05, 0.1) is 0 Å². The zero-order valence-electron chi connectivity index (χ0n) is 10.0. The molecule has 0 aliphatic carbocycles. The van der Waals surface area contributed by atoms with Gasteiger partial charge in [0.1, 0.15) is 0 Å². The number of hydrogen-bond acceptors (Lipinski definition) is 2. The molecule has 3 nitrogen and oxygen atoms in total. The number of rotatable bonds is 5. The van der Waals surface area contributed by atoms with E-state index in [4.69, 9.17) is 5.73 Å². The summed E-state index contributed by atoms with van der Waals surface area (Å²) in [5, 5.41) is 0. The molecular formula is C14H18N2O. The third-order valence-corrected chi connectivity index (χ3v) is 2.25. The minimum atomic E-state index is -0.351. The van der Waals surface area contributed by atoms with Crippen molar-refractivity contribution in [2.45, 2.75) is 13.3 Å². The second-order valence-corrected chi connectivity index (χ2v) is 3.64. The molecule has 0 radical (unpaired) electrons. The number of primary amides is 1. The fourth-order valence-corrected chi connectivity index (χ4v) is 1.39. The van der Waals surface area contributed by atoms with E-state index >= 15 is 0 Å². The van der Waals surface area contributed by atoms with Gasteiger partial charge in [0.2, 0.25) is 5.91 Å². The molecule has 3 heteroatoms. The van der Waals surface area contributed by atoms with Gasteiger partial charge in [-0.3, -0.25) is 4.79 Å². The Labute approximate surface area is 102 Å². The standard InChI is InChI=1S/C14H18N2O/c1-2-3-4-5-6-7-10-16-11-8-9-13(12-16)14(15)17/h2-8,11-12H,9-10H2,1H3,(H2,15,17)/b3-2-,5-4-,7-6+. The highest BCUT2D eigenvalue weighted by Crippen LogP contribution is 2.11. The minimum absolute atomic E-state index is 0.351. The van der Waals surface area contributed by atoms with E-state index in [0.717, 1.165) is 6.54 Å². The van der Waals surface area contributed by atoms with E-state index < -0.39 is 0 Å². The van der Waals surface area contributed by atoms with Crippen LogP contribution in [-0.4, -0.2) is 17.4 Å². The van der Waals surface area contributed by atoms with Crippen molar-refractivity contribution in [3.05, 3.63) is 60.5 Å². The summed E-state index contributed by atoms with van der Waals surface area (Å²) in [5.74, 6) is -0.351. The van der Waals surface area contributed by atoms with Crippen LogP contribution in [0.3, 0.4) is 0 Å². The van der Waals surface area contributed by atoms with Crippen LogP contribution in [0.1, 0.15) is 13.3 Å². The number of hydrogen-bond donors (Lipinski definition) is 1. The van der Waals surface area contributed by atoms with E-state index in [0.29, 0.717) is 12.0 Å². The number of amides is 1. The van der Waals surface area contributed by atoms with Crippen LogP contribution in [0, 0.1) is 0 Å². The maximum atomic E-state index is 11.0. The zero-order chi connectivity index (χ0) is 12.5. The van der Waals surface area contributed by atoms with E-state index in [-0.39, 0.29) is 5.91 Å². The van der Waals surface area contributed by atoms with Gasteiger partial charge in [-0.25, -0.2) is 0 Å². The molecule has 1 amide bonds. The first kappa shape index (κ1) is 13.0. The second kappa shape index (κ2) is 7.28. The van der Waals surface area contributed by atoms with Crippen molar-refractivity contribution in [1.29, 1.82) is 0 Å². The van der Waals surface area contributed by atoms with Gasteiger partial charge in [-0.05, 0) is 13.3 Å². The lowest BCUT2D eigenvalue weighted by molar-refractivity contribution is -0.114. The van der Waals surface area contributed by atoms with Crippen LogP contribution in [0.15, 0.2) is 60.5 Å². The molecule has 0 bridgehead atoms.